The average Bonchev–Trinajstić information content (AvgIpc) is 2.48. The Balaban J connectivity index is 2.04. The summed E-state index contributed by atoms with van der Waals surface area (Å²) in [7, 11) is 0. The Morgan fingerprint density at radius 3 is 2.58 bits per heavy atom. The minimum absolute atomic E-state index is 0.191. The lowest BCUT2D eigenvalue weighted by molar-refractivity contribution is 0.0266. The normalized spacial score (nSPS) is 17.7. The van der Waals surface area contributed by atoms with Gasteiger partial charge < -0.3 is 9.47 Å². The first-order valence-corrected chi connectivity index (χ1v) is 6.79. The molecule has 0 saturated carbocycles. The third kappa shape index (κ3) is 3.69. The third-order valence-electron chi connectivity index (χ3n) is 3.20. The Morgan fingerprint density at radius 1 is 1.32 bits per heavy atom. The molecule has 0 aromatic heterocycles. The molecule has 1 heterocycles. The van der Waals surface area contributed by atoms with E-state index in [-0.39, 0.29) is 6.04 Å². The SMILES string of the molecule is CCCOc1ccc(C(C#N)N2CCOCC2)cc1. The van der Waals surface area contributed by atoms with Crippen molar-refractivity contribution in [3.63, 3.8) is 0 Å². The predicted molar refractivity (Wildman–Crippen MR) is 73.0 cm³/mol. The summed E-state index contributed by atoms with van der Waals surface area (Å²) in [5.74, 6) is 0.865. The number of hydrogen-bond donors (Lipinski definition) is 0. The molecule has 1 atom stereocenters. The maximum absolute atomic E-state index is 9.38. The van der Waals surface area contributed by atoms with Gasteiger partial charge in [-0.3, -0.25) is 4.90 Å². The van der Waals surface area contributed by atoms with Gasteiger partial charge in [0.15, 0.2) is 0 Å². The van der Waals surface area contributed by atoms with E-state index in [1.54, 1.807) is 0 Å². The highest BCUT2D eigenvalue weighted by molar-refractivity contribution is 5.31. The predicted octanol–water partition coefficient (Wildman–Crippen LogP) is 2.37. The highest BCUT2D eigenvalue weighted by Crippen LogP contribution is 2.23. The number of benzene rings is 1. The van der Waals surface area contributed by atoms with Crippen LogP contribution in [0.15, 0.2) is 24.3 Å². The summed E-state index contributed by atoms with van der Waals surface area (Å²) in [4.78, 5) is 2.16. The number of nitrogens with zero attached hydrogens (tertiary/aromatic N) is 2. The molecule has 1 fully saturated rings. The van der Waals surface area contributed by atoms with Gasteiger partial charge in [-0.1, -0.05) is 19.1 Å². The van der Waals surface area contributed by atoms with Gasteiger partial charge in [0.25, 0.3) is 0 Å². The Labute approximate surface area is 114 Å². The zero-order valence-electron chi connectivity index (χ0n) is 11.3. The van der Waals surface area contributed by atoms with E-state index in [1.165, 1.54) is 0 Å². The smallest absolute Gasteiger partial charge is 0.124 e. The van der Waals surface area contributed by atoms with Crippen LogP contribution in [0.5, 0.6) is 5.75 Å². The van der Waals surface area contributed by atoms with Crippen LogP contribution in [0, 0.1) is 11.3 Å². The summed E-state index contributed by atoms with van der Waals surface area (Å²) in [5, 5.41) is 9.38. The van der Waals surface area contributed by atoms with Gasteiger partial charge >= 0.3 is 0 Å². The van der Waals surface area contributed by atoms with Crippen molar-refractivity contribution >= 4 is 0 Å². The minimum Gasteiger partial charge on any atom is -0.494 e. The molecule has 0 amide bonds. The third-order valence-corrected chi connectivity index (χ3v) is 3.20. The van der Waals surface area contributed by atoms with Crippen molar-refractivity contribution in [3.05, 3.63) is 29.8 Å². The van der Waals surface area contributed by atoms with Gasteiger partial charge in [0, 0.05) is 13.1 Å². The highest BCUT2D eigenvalue weighted by Gasteiger charge is 2.22. The molecule has 4 nitrogen and oxygen atoms in total. The molecule has 0 bridgehead atoms. The number of morpholine rings is 1. The van der Waals surface area contributed by atoms with E-state index in [0.717, 1.165) is 37.4 Å². The van der Waals surface area contributed by atoms with E-state index in [9.17, 15) is 5.26 Å². The Morgan fingerprint density at radius 2 is 2.00 bits per heavy atom. The van der Waals surface area contributed by atoms with E-state index in [2.05, 4.69) is 17.9 Å². The fourth-order valence-corrected chi connectivity index (χ4v) is 2.17. The average molecular weight is 260 g/mol. The fourth-order valence-electron chi connectivity index (χ4n) is 2.17. The summed E-state index contributed by atoms with van der Waals surface area (Å²) in [5.41, 5.74) is 1.02. The van der Waals surface area contributed by atoms with E-state index in [0.29, 0.717) is 13.2 Å². The lowest BCUT2D eigenvalue weighted by atomic mass is 10.1. The number of ether oxygens (including phenoxy) is 2. The summed E-state index contributed by atoms with van der Waals surface area (Å²) in [6.45, 7) is 5.84. The zero-order chi connectivity index (χ0) is 13.5. The molecule has 1 aliphatic rings. The molecule has 1 aliphatic heterocycles. The molecule has 1 aromatic rings. The first-order valence-electron chi connectivity index (χ1n) is 6.79. The van der Waals surface area contributed by atoms with Gasteiger partial charge in [-0.05, 0) is 24.1 Å². The molecular formula is C15H20N2O2. The van der Waals surface area contributed by atoms with Crippen molar-refractivity contribution in [2.75, 3.05) is 32.9 Å². The van der Waals surface area contributed by atoms with Crippen LogP contribution < -0.4 is 4.74 Å². The van der Waals surface area contributed by atoms with Crippen molar-refractivity contribution in [2.24, 2.45) is 0 Å². The molecule has 1 unspecified atom stereocenters. The lowest BCUT2D eigenvalue weighted by Gasteiger charge is -2.30. The maximum Gasteiger partial charge on any atom is 0.124 e. The van der Waals surface area contributed by atoms with E-state index in [1.807, 2.05) is 24.3 Å². The molecule has 0 radical (unpaired) electrons. The Bertz CT molecular complexity index is 419. The standard InChI is InChI=1S/C15H20N2O2/c1-2-9-19-14-5-3-13(4-6-14)15(12-16)17-7-10-18-11-8-17/h3-6,15H,2,7-11H2,1H3. The molecule has 102 valence electrons. The summed E-state index contributed by atoms with van der Waals surface area (Å²) < 4.78 is 10.9. The van der Waals surface area contributed by atoms with Gasteiger partial charge in [0.1, 0.15) is 11.8 Å². The summed E-state index contributed by atoms with van der Waals surface area (Å²) >= 11 is 0. The monoisotopic (exact) mass is 260 g/mol. The first-order chi connectivity index (χ1) is 9.35. The van der Waals surface area contributed by atoms with Crippen molar-refractivity contribution in [2.45, 2.75) is 19.4 Å². The highest BCUT2D eigenvalue weighted by atomic mass is 16.5. The van der Waals surface area contributed by atoms with Crippen LogP contribution in [-0.4, -0.2) is 37.8 Å². The topological polar surface area (TPSA) is 45.5 Å². The first kappa shape index (κ1) is 13.9. The number of rotatable bonds is 5. The van der Waals surface area contributed by atoms with Crippen molar-refractivity contribution in [3.8, 4) is 11.8 Å². The molecule has 1 aromatic carbocycles. The Hall–Kier alpha value is -1.57. The van der Waals surface area contributed by atoms with Crippen LogP contribution in [0.4, 0.5) is 0 Å². The van der Waals surface area contributed by atoms with Gasteiger partial charge in [0.05, 0.1) is 25.9 Å². The van der Waals surface area contributed by atoms with Crippen molar-refractivity contribution < 1.29 is 9.47 Å². The second-order valence-electron chi connectivity index (χ2n) is 4.60. The van der Waals surface area contributed by atoms with E-state index >= 15 is 0 Å². The second kappa shape index (κ2) is 7.13. The van der Waals surface area contributed by atoms with Crippen LogP contribution >= 0.6 is 0 Å². The molecule has 1 saturated heterocycles. The van der Waals surface area contributed by atoms with E-state index in [4.69, 9.17) is 9.47 Å². The number of nitriles is 1. The zero-order valence-corrected chi connectivity index (χ0v) is 11.3. The van der Waals surface area contributed by atoms with Crippen molar-refractivity contribution in [1.29, 1.82) is 5.26 Å². The summed E-state index contributed by atoms with van der Waals surface area (Å²) in [6.07, 6.45) is 0.996. The maximum atomic E-state index is 9.38. The molecule has 4 heteroatoms. The van der Waals surface area contributed by atoms with Crippen LogP contribution in [0.3, 0.4) is 0 Å². The largest absolute Gasteiger partial charge is 0.494 e. The number of hydrogen-bond acceptors (Lipinski definition) is 4. The van der Waals surface area contributed by atoms with Crippen LogP contribution in [0.25, 0.3) is 0 Å². The van der Waals surface area contributed by atoms with Gasteiger partial charge in [-0.25, -0.2) is 0 Å². The second-order valence-corrected chi connectivity index (χ2v) is 4.60. The van der Waals surface area contributed by atoms with Crippen molar-refractivity contribution in [1.82, 2.24) is 4.90 Å². The van der Waals surface area contributed by atoms with Gasteiger partial charge in [-0.2, -0.15) is 5.26 Å². The quantitative estimate of drug-likeness (QED) is 0.815. The van der Waals surface area contributed by atoms with Crippen LogP contribution in [-0.2, 0) is 4.74 Å². The van der Waals surface area contributed by atoms with Crippen LogP contribution in [0.2, 0.25) is 0 Å². The fraction of sp³-hybridized carbons (Fsp3) is 0.533. The van der Waals surface area contributed by atoms with Gasteiger partial charge in [-0.15, -0.1) is 0 Å². The van der Waals surface area contributed by atoms with Gasteiger partial charge in [0.2, 0.25) is 0 Å². The Kier molecular flexibility index (Phi) is 5.20. The molecule has 0 spiro atoms. The molecule has 2 rings (SSSR count). The lowest BCUT2D eigenvalue weighted by Crippen LogP contribution is -2.38. The molecular weight excluding hydrogens is 240 g/mol. The summed E-state index contributed by atoms with van der Waals surface area (Å²) in [6, 6.07) is 10.0. The molecule has 0 N–H and O–H groups in total. The van der Waals surface area contributed by atoms with Crippen LogP contribution in [0.1, 0.15) is 24.9 Å². The molecule has 19 heavy (non-hydrogen) atoms. The molecule has 0 aliphatic carbocycles. The minimum atomic E-state index is -0.191. The van der Waals surface area contributed by atoms with E-state index < -0.39 is 0 Å².